The highest BCUT2D eigenvalue weighted by Crippen LogP contribution is 2.17. The van der Waals surface area contributed by atoms with E-state index in [1.807, 2.05) is 0 Å². The number of rotatable bonds is 2. The molecule has 0 radical (unpaired) electrons. The number of nitrogen functional groups attached to an aromatic ring is 1. The van der Waals surface area contributed by atoms with Crippen molar-refractivity contribution in [2.45, 2.75) is 12.8 Å². The van der Waals surface area contributed by atoms with E-state index in [0.29, 0.717) is 16.8 Å². The van der Waals surface area contributed by atoms with Gasteiger partial charge in [0, 0.05) is 6.42 Å². The van der Waals surface area contributed by atoms with Gasteiger partial charge in [-0.15, -0.1) is 0 Å². The third-order valence-corrected chi connectivity index (χ3v) is 2.75. The normalized spacial score (nSPS) is 21.4. The van der Waals surface area contributed by atoms with Gasteiger partial charge in [0.25, 0.3) is 0 Å². The number of hydrogen-bond acceptors (Lipinski definition) is 4. The summed E-state index contributed by atoms with van der Waals surface area (Å²) in [5.74, 6) is 1.80. The standard InChI is InChI=1S/C9H13ClN4/c10-7-5-13-8(14-9(7)11)3-6-1-2-12-4-6/h5-6,12H,1-4H2,(H2,11,13,14)/t6-/m0/s1. The van der Waals surface area contributed by atoms with Crippen molar-refractivity contribution in [3.05, 3.63) is 17.0 Å². The lowest BCUT2D eigenvalue weighted by Gasteiger charge is -2.07. The van der Waals surface area contributed by atoms with Crippen molar-refractivity contribution < 1.29 is 0 Å². The van der Waals surface area contributed by atoms with Crippen LogP contribution in [0.5, 0.6) is 0 Å². The molecule has 3 N–H and O–H groups in total. The first kappa shape index (κ1) is 9.68. The Bertz CT molecular complexity index is 323. The number of nitrogens with one attached hydrogen (secondary N) is 1. The monoisotopic (exact) mass is 212 g/mol. The van der Waals surface area contributed by atoms with Gasteiger partial charge in [0.1, 0.15) is 16.7 Å². The summed E-state index contributed by atoms with van der Waals surface area (Å²) in [6, 6.07) is 0. The largest absolute Gasteiger partial charge is 0.382 e. The number of nitrogens with two attached hydrogens (primary N) is 1. The van der Waals surface area contributed by atoms with E-state index in [-0.39, 0.29) is 0 Å². The van der Waals surface area contributed by atoms with E-state index in [0.717, 1.165) is 25.3 Å². The van der Waals surface area contributed by atoms with Gasteiger partial charge in [-0.2, -0.15) is 0 Å². The summed E-state index contributed by atoms with van der Waals surface area (Å²) in [6.07, 6.45) is 3.64. The fraction of sp³-hybridized carbons (Fsp3) is 0.556. The summed E-state index contributed by atoms with van der Waals surface area (Å²) >= 11 is 5.73. The molecule has 4 nitrogen and oxygen atoms in total. The van der Waals surface area contributed by atoms with E-state index in [1.54, 1.807) is 6.20 Å². The molecule has 0 amide bonds. The molecule has 1 saturated heterocycles. The summed E-state index contributed by atoms with van der Waals surface area (Å²) in [4.78, 5) is 8.29. The molecule has 2 rings (SSSR count). The van der Waals surface area contributed by atoms with E-state index in [1.165, 1.54) is 6.42 Å². The molecule has 76 valence electrons. The van der Waals surface area contributed by atoms with Crippen LogP contribution in [-0.2, 0) is 6.42 Å². The molecule has 1 aliphatic rings. The van der Waals surface area contributed by atoms with E-state index in [2.05, 4.69) is 15.3 Å². The molecule has 1 aliphatic heterocycles. The van der Waals surface area contributed by atoms with E-state index in [9.17, 15) is 0 Å². The lowest BCUT2D eigenvalue weighted by Crippen LogP contribution is -2.12. The van der Waals surface area contributed by atoms with Gasteiger partial charge in [-0.25, -0.2) is 9.97 Å². The van der Waals surface area contributed by atoms with Crippen molar-refractivity contribution in [2.24, 2.45) is 5.92 Å². The van der Waals surface area contributed by atoms with Crippen LogP contribution >= 0.6 is 11.6 Å². The number of nitrogens with zero attached hydrogens (tertiary/aromatic N) is 2. The zero-order valence-corrected chi connectivity index (χ0v) is 8.59. The Labute approximate surface area is 87.9 Å². The van der Waals surface area contributed by atoms with Crippen LogP contribution in [0.4, 0.5) is 5.82 Å². The maximum Gasteiger partial charge on any atom is 0.145 e. The maximum absolute atomic E-state index is 5.73. The summed E-state index contributed by atoms with van der Waals surface area (Å²) < 4.78 is 0. The SMILES string of the molecule is Nc1nc(C[C@@H]2CCNC2)ncc1Cl. The molecule has 1 aromatic rings. The van der Waals surface area contributed by atoms with Crippen molar-refractivity contribution >= 4 is 17.4 Å². The van der Waals surface area contributed by atoms with Gasteiger partial charge in [-0.3, -0.25) is 0 Å². The molecular formula is C9H13ClN4. The fourth-order valence-electron chi connectivity index (χ4n) is 1.66. The second kappa shape index (κ2) is 4.11. The number of halogens is 1. The fourth-order valence-corrected chi connectivity index (χ4v) is 1.75. The van der Waals surface area contributed by atoms with Gasteiger partial charge < -0.3 is 11.1 Å². The van der Waals surface area contributed by atoms with Crippen molar-refractivity contribution in [2.75, 3.05) is 18.8 Å². The third-order valence-electron chi connectivity index (χ3n) is 2.45. The molecule has 0 aliphatic carbocycles. The number of anilines is 1. The first-order valence-corrected chi connectivity index (χ1v) is 5.11. The predicted octanol–water partition coefficient (Wildman–Crippen LogP) is 0.864. The minimum absolute atomic E-state index is 0.377. The van der Waals surface area contributed by atoms with Crippen LogP contribution in [0.2, 0.25) is 5.02 Å². The maximum atomic E-state index is 5.73. The average Bonchev–Trinajstić information content (AvgIpc) is 2.64. The van der Waals surface area contributed by atoms with Gasteiger partial charge in [0.15, 0.2) is 0 Å². The summed E-state index contributed by atoms with van der Waals surface area (Å²) in [6.45, 7) is 2.14. The van der Waals surface area contributed by atoms with Crippen molar-refractivity contribution in [1.29, 1.82) is 0 Å². The Balaban J connectivity index is 2.05. The van der Waals surface area contributed by atoms with Crippen LogP contribution in [-0.4, -0.2) is 23.1 Å². The van der Waals surface area contributed by atoms with Crippen LogP contribution in [0.25, 0.3) is 0 Å². The van der Waals surface area contributed by atoms with Crippen LogP contribution in [0.15, 0.2) is 6.20 Å². The molecule has 0 unspecified atom stereocenters. The quantitative estimate of drug-likeness (QED) is 0.764. The lowest BCUT2D eigenvalue weighted by molar-refractivity contribution is 0.562. The van der Waals surface area contributed by atoms with Gasteiger partial charge >= 0.3 is 0 Å². The third kappa shape index (κ3) is 2.13. The summed E-state index contributed by atoms with van der Waals surface area (Å²) in [5.41, 5.74) is 5.60. The van der Waals surface area contributed by atoms with Crippen LogP contribution in [0.3, 0.4) is 0 Å². The lowest BCUT2D eigenvalue weighted by atomic mass is 10.0. The molecule has 1 atom stereocenters. The zero-order valence-electron chi connectivity index (χ0n) is 7.83. The molecule has 14 heavy (non-hydrogen) atoms. The van der Waals surface area contributed by atoms with Crippen LogP contribution in [0.1, 0.15) is 12.2 Å². The average molecular weight is 213 g/mol. The Kier molecular flexibility index (Phi) is 2.84. The minimum Gasteiger partial charge on any atom is -0.382 e. The van der Waals surface area contributed by atoms with Crippen LogP contribution < -0.4 is 11.1 Å². The Morgan fingerprint density at radius 3 is 3.14 bits per heavy atom. The molecule has 0 saturated carbocycles. The predicted molar refractivity (Wildman–Crippen MR) is 56.1 cm³/mol. The van der Waals surface area contributed by atoms with Gasteiger partial charge in [0.2, 0.25) is 0 Å². The minimum atomic E-state index is 0.377. The Morgan fingerprint density at radius 2 is 2.50 bits per heavy atom. The first-order chi connectivity index (χ1) is 6.75. The van der Waals surface area contributed by atoms with Gasteiger partial charge in [-0.1, -0.05) is 11.6 Å². The topological polar surface area (TPSA) is 63.8 Å². The molecule has 2 heterocycles. The second-order valence-corrected chi connectivity index (χ2v) is 3.99. The number of hydrogen-bond donors (Lipinski definition) is 2. The summed E-state index contributed by atoms with van der Waals surface area (Å²) in [7, 11) is 0. The van der Waals surface area contributed by atoms with Crippen molar-refractivity contribution in [1.82, 2.24) is 15.3 Å². The molecule has 1 aromatic heterocycles. The molecule has 1 fully saturated rings. The highest BCUT2D eigenvalue weighted by Gasteiger charge is 2.16. The zero-order chi connectivity index (χ0) is 9.97. The van der Waals surface area contributed by atoms with E-state index in [4.69, 9.17) is 17.3 Å². The molecule has 5 heteroatoms. The highest BCUT2D eigenvalue weighted by atomic mass is 35.5. The van der Waals surface area contributed by atoms with Crippen molar-refractivity contribution in [3.63, 3.8) is 0 Å². The number of aromatic nitrogens is 2. The first-order valence-electron chi connectivity index (χ1n) is 4.73. The molecule has 0 spiro atoms. The van der Waals surface area contributed by atoms with Gasteiger partial charge in [0.05, 0.1) is 6.20 Å². The van der Waals surface area contributed by atoms with Gasteiger partial charge in [-0.05, 0) is 25.4 Å². The molecule has 0 aromatic carbocycles. The van der Waals surface area contributed by atoms with E-state index >= 15 is 0 Å². The molecule has 0 bridgehead atoms. The highest BCUT2D eigenvalue weighted by molar-refractivity contribution is 6.32. The molecular weight excluding hydrogens is 200 g/mol. The van der Waals surface area contributed by atoms with Crippen molar-refractivity contribution in [3.8, 4) is 0 Å². The van der Waals surface area contributed by atoms with Crippen LogP contribution in [0, 0.1) is 5.92 Å². The smallest absolute Gasteiger partial charge is 0.145 e. The Morgan fingerprint density at radius 1 is 1.64 bits per heavy atom. The summed E-state index contributed by atoms with van der Waals surface area (Å²) in [5, 5.41) is 3.73. The Hall–Kier alpha value is -0.870. The van der Waals surface area contributed by atoms with E-state index < -0.39 is 0 Å². The second-order valence-electron chi connectivity index (χ2n) is 3.58.